The Labute approximate surface area is 254 Å². The third-order valence-corrected chi connectivity index (χ3v) is 13.5. The zero-order valence-electron chi connectivity index (χ0n) is 25.4. The number of amides is 1. The fraction of sp³-hybridized carbons (Fsp3) is 0.486. The number of rotatable bonds is 2. The van der Waals surface area contributed by atoms with Crippen molar-refractivity contribution in [2.45, 2.75) is 70.6 Å². The van der Waals surface area contributed by atoms with Gasteiger partial charge in [0.2, 0.25) is 0 Å². The molecule has 4 nitrogen and oxygen atoms in total. The normalized spacial score (nSPS) is 20.7. The van der Waals surface area contributed by atoms with E-state index in [0.717, 1.165) is 56.7 Å². The summed E-state index contributed by atoms with van der Waals surface area (Å²) in [6, 6.07) is 14.4. The van der Waals surface area contributed by atoms with E-state index in [4.69, 9.17) is 0 Å². The first-order valence-corrected chi connectivity index (χ1v) is 17.8. The zero-order chi connectivity index (χ0) is 28.7. The molecule has 0 unspecified atom stereocenters. The topological polar surface area (TPSA) is 26.6 Å². The average molecular weight is 632 g/mol. The molecule has 0 aliphatic carbocycles. The van der Waals surface area contributed by atoms with Crippen LogP contribution in [0.2, 0.25) is 0 Å². The molecule has 0 spiro atoms. The van der Waals surface area contributed by atoms with Crippen LogP contribution in [-0.4, -0.2) is 66.0 Å². The number of piperidine rings is 1. The van der Waals surface area contributed by atoms with E-state index in [2.05, 4.69) is 92.6 Å². The summed E-state index contributed by atoms with van der Waals surface area (Å²) in [6.45, 7) is 13.6. The molecule has 0 atom stereocenters. The van der Waals surface area contributed by atoms with Crippen molar-refractivity contribution in [2.75, 3.05) is 45.2 Å². The first kappa shape index (κ1) is 27.4. The fourth-order valence-corrected chi connectivity index (χ4v) is 10.6. The van der Waals surface area contributed by atoms with E-state index in [-0.39, 0.29) is 31.7 Å². The number of fused-ring (bicyclic) bond motifs is 4. The maximum atomic E-state index is 13.5. The fourth-order valence-electron chi connectivity index (χ4n) is 7.19. The van der Waals surface area contributed by atoms with Crippen molar-refractivity contribution in [3.8, 4) is 0 Å². The van der Waals surface area contributed by atoms with Crippen molar-refractivity contribution in [2.24, 2.45) is 0 Å². The van der Waals surface area contributed by atoms with Crippen LogP contribution in [-0.2, 0) is 10.8 Å². The van der Waals surface area contributed by atoms with Crippen LogP contribution < -0.4 is 29.0 Å². The van der Waals surface area contributed by atoms with E-state index < -0.39 is 0 Å². The number of thiophene rings is 1. The average Bonchev–Trinajstić information content (AvgIpc) is 3.45. The second kappa shape index (κ2) is 9.82. The number of nitrogens with zero attached hydrogens (tertiary/aromatic N) is 3. The predicted octanol–water partition coefficient (Wildman–Crippen LogP) is 3.51. The minimum absolute atomic E-state index is 0.140. The predicted molar refractivity (Wildman–Crippen MR) is 173 cm³/mol. The summed E-state index contributed by atoms with van der Waals surface area (Å²) in [6.07, 6.45) is 5.80. The molecule has 41 heavy (non-hydrogen) atoms. The van der Waals surface area contributed by atoms with E-state index in [1.165, 1.54) is 58.7 Å². The number of carbonyl (C=O) groups excluding carboxylic acids is 1. The molecule has 2 aromatic carbocycles. The third kappa shape index (κ3) is 4.53. The van der Waals surface area contributed by atoms with Gasteiger partial charge in [-0.25, -0.2) is 0 Å². The second-order valence-corrected chi connectivity index (χ2v) is 17.2. The molecule has 1 amide bonds. The van der Waals surface area contributed by atoms with Crippen LogP contribution in [0.1, 0.15) is 91.0 Å². The molecule has 0 N–H and O–H groups in total. The summed E-state index contributed by atoms with van der Waals surface area (Å²) in [4.78, 5) is 20.2. The molecule has 3 aromatic rings. The van der Waals surface area contributed by atoms with Crippen molar-refractivity contribution >= 4 is 52.4 Å². The molecule has 214 valence electrons. The van der Waals surface area contributed by atoms with Crippen LogP contribution >= 0.6 is 11.3 Å². The van der Waals surface area contributed by atoms with E-state index in [1.54, 1.807) is 11.3 Å². The molecule has 4 aliphatic heterocycles. The Morgan fingerprint density at radius 1 is 0.902 bits per heavy atom. The van der Waals surface area contributed by atoms with Crippen molar-refractivity contribution in [1.29, 1.82) is 0 Å². The number of likely N-dealkylation sites (tertiary alicyclic amines) is 1. The molecule has 1 aromatic heterocycles. The molecule has 1 fully saturated rings. The van der Waals surface area contributed by atoms with Gasteiger partial charge in [-0.05, 0) is 0 Å². The van der Waals surface area contributed by atoms with Gasteiger partial charge in [0, 0.05) is 0 Å². The molecule has 4 aliphatic rings. The third-order valence-electron chi connectivity index (χ3n) is 10.1. The monoisotopic (exact) mass is 632 g/mol. The van der Waals surface area contributed by atoms with Gasteiger partial charge >= 0.3 is 256 Å². The molecule has 6 heteroatoms. The Kier molecular flexibility index (Phi) is 6.57. The number of hydrogen-bond donors (Lipinski definition) is 0. The second-order valence-electron chi connectivity index (χ2n) is 13.8. The number of benzene rings is 2. The Balaban J connectivity index is 1.49. The molecule has 0 bridgehead atoms. The summed E-state index contributed by atoms with van der Waals surface area (Å²) in [7, 11) is 4.50. The van der Waals surface area contributed by atoms with Crippen LogP contribution in [0.4, 0.5) is 5.69 Å². The summed E-state index contributed by atoms with van der Waals surface area (Å²) in [5.41, 5.74) is 7.32. The van der Waals surface area contributed by atoms with E-state index >= 15 is 0 Å². The summed E-state index contributed by atoms with van der Waals surface area (Å²) in [5, 5.41) is 2.79. The summed E-state index contributed by atoms with van der Waals surface area (Å²) < 4.78 is 5.40. The van der Waals surface area contributed by atoms with Crippen LogP contribution in [0.5, 0.6) is 0 Å². The molecule has 0 saturated carbocycles. The van der Waals surface area contributed by atoms with Gasteiger partial charge in [-0.15, -0.1) is 0 Å². The molecule has 5 heterocycles. The van der Waals surface area contributed by atoms with Crippen LogP contribution in [0.3, 0.4) is 0 Å². The Bertz CT molecular complexity index is 1710. The van der Waals surface area contributed by atoms with Gasteiger partial charge in [-0.3, -0.25) is 0 Å². The van der Waals surface area contributed by atoms with Crippen molar-refractivity contribution in [1.82, 2.24) is 9.48 Å². The number of carbonyl (C=O) groups is 1. The van der Waals surface area contributed by atoms with E-state index in [9.17, 15) is 4.79 Å². The first-order valence-electron chi connectivity index (χ1n) is 15.3. The Morgan fingerprint density at radius 3 is 2.44 bits per heavy atom. The Hall–Kier alpha value is -2.40. The minimum atomic E-state index is 0.140. The van der Waals surface area contributed by atoms with Crippen LogP contribution in [0.15, 0.2) is 36.4 Å². The first-order chi connectivity index (χ1) is 19.5. The van der Waals surface area contributed by atoms with Crippen molar-refractivity contribution < 1.29 is 4.79 Å². The van der Waals surface area contributed by atoms with Crippen LogP contribution in [0, 0.1) is 0 Å². The van der Waals surface area contributed by atoms with Gasteiger partial charge in [-0.1, -0.05) is 0 Å². The number of hydrogen-bond acceptors (Lipinski definition) is 3. The van der Waals surface area contributed by atoms with Crippen molar-refractivity contribution in [3.05, 3.63) is 73.4 Å². The summed E-state index contributed by atoms with van der Waals surface area (Å²) in [5.74, 6) is 0.212. The molecule has 0 radical (unpaired) electrons. The van der Waals surface area contributed by atoms with E-state index in [1.807, 2.05) is 0 Å². The maximum absolute atomic E-state index is 13.5. The standard InChI is InChI=1S/C35H42N3OSSe/c1-34(2)12-16-36(5)26-20-30-22(18-24(26)34)32(28-10-11-29(40-28)33(39)38-14-8-7-9-15-38)23-19-25-27(21-31(23)41-30)37(6)17-13-35(25,3)4/h10-11,18-21H,7-9,12-17H2,1-6H3/q+1. The van der Waals surface area contributed by atoms with Gasteiger partial charge in [0.15, 0.2) is 0 Å². The van der Waals surface area contributed by atoms with Gasteiger partial charge < -0.3 is 0 Å². The van der Waals surface area contributed by atoms with Crippen LogP contribution in [0.25, 0.3) is 5.57 Å². The van der Waals surface area contributed by atoms with Gasteiger partial charge in [0.05, 0.1) is 0 Å². The van der Waals surface area contributed by atoms with Gasteiger partial charge in [0.1, 0.15) is 0 Å². The Morgan fingerprint density at radius 2 is 1.66 bits per heavy atom. The van der Waals surface area contributed by atoms with Gasteiger partial charge in [0.25, 0.3) is 0 Å². The summed E-state index contributed by atoms with van der Waals surface area (Å²) >= 11 is 1.92. The molecule has 7 rings (SSSR count). The number of anilines is 1. The van der Waals surface area contributed by atoms with E-state index in [0.29, 0.717) is 0 Å². The van der Waals surface area contributed by atoms with Gasteiger partial charge in [-0.2, -0.15) is 0 Å². The quantitative estimate of drug-likeness (QED) is 0.250. The molecule has 1 saturated heterocycles. The molecular weight excluding hydrogens is 589 g/mol. The zero-order valence-corrected chi connectivity index (χ0v) is 27.9. The SMILES string of the molecule is CN1CCC(C)(C)c2cc3c(cc21)[Se]c1cc2c(cc1=C3c1ccc(C(=O)N3CCCCC3)s1)C(C)(C)CC[N+]=2C. The molecular formula is C35H42N3OSSe+. The van der Waals surface area contributed by atoms with Crippen molar-refractivity contribution in [3.63, 3.8) is 0 Å².